The summed E-state index contributed by atoms with van der Waals surface area (Å²) < 4.78 is 25.2. The standard InChI is InChI=1S/C17H21N3O3S/c1-12-16(10-17(21)18-14-6-4-3-5-7-14)13(2)20(19-12)15-8-9-24(22,23)11-15/h3-7,15H,8-11H2,1-2H3,(H,18,21). The van der Waals surface area contributed by atoms with Gasteiger partial charge in [-0.3, -0.25) is 9.48 Å². The number of anilines is 1. The van der Waals surface area contributed by atoms with Gasteiger partial charge < -0.3 is 5.32 Å². The van der Waals surface area contributed by atoms with E-state index in [9.17, 15) is 13.2 Å². The first-order chi connectivity index (χ1) is 11.4. The molecule has 1 atom stereocenters. The van der Waals surface area contributed by atoms with E-state index in [1.807, 2.05) is 44.2 Å². The van der Waals surface area contributed by atoms with Crippen LogP contribution in [0.5, 0.6) is 0 Å². The number of benzene rings is 1. The van der Waals surface area contributed by atoms with Crippen LogP contribution in [0.2, 0.25) is 0 Å². The van der Waals surface area contributed by atoms with E-state index in [1.165, 1.54) is 0 Å². The summed E-state index contributed by atoms with van der Waals surface area (Å²) in [5.41, 5.74) is 3.28. The van der Waals surface area contributed by atoms with Crippen LogP contribution in [0.3, 0.4) is 0 Å². The highest BCUT2D eigenvalue weighted by Gasteiger charge is 2.31. The van der Waals surface area contributed by atoms with Crippen molar-refractivity contribution in [2.45, 2.75) is 32.7 Å². The lowest BCUT2D eigenvalue weighted by molar-refractivity contribution is -0.115. The van der Waals surface area contributed by atoms with Gasteiger partial charge in [0.2, 0.25) is 5.91 Å². The zero-order chi connectivity index (χ0) is 17.3. The summed E-state index contributed by atoms with van der Waals surface area (Å²) in [4.78, 5) is 12.3. The molecule has 1 N–H and O–H groups in total. The molecule has 1 aliphatic heterocycles. The summed E-state index contributed by atoms with van der Waals surface area (Å²) in [6.45, 7) is 3.76. The van der Waals surface area contributed by atoms with Gasteiger partial charge in [0, 0.05) is 16.9 Å². The molecule has 0 spiro atoms. The number of nitrogens with zero attached hydrogens (tertiary/aromatic N) is 2. The third-order valence-corrected chi connectivity index (χ3v) is 6.17. The van der Waals surface area contributed by atoms with E-state index in [1.54, 1.807) is 4.68 Å². The Bertz CT molecular complexity index is 857. The summed E-state index contributed by atoms with van der Waals surface area (Å²) in [7, 11) is -2.97. The van der Waals surface area contributed by atoms with Gasteiger partial charge in [-0.15, -0.1) is 0 Å². The molecule has 24 heavy (non-hydrogen) atoms. The van der Waals surface area contributed by atoms with Crippen molar-refractivity contribution in [3.63, 3.8) is 0 Å². The summed E-state index contributed by atoms with van der Waals surface area (Å²) in [6, 6.07) is 9.17. The fourth-order valence-corrected chi connectivity index (χ4v) is 4.86. The van der Waals surface area contributed by atoms with Gasteiger partial charge in [0.1, 0.15) is 0 Å². The Morgan fingerprint density at radius 3 is 2.62 bits per heavy atom. The van der Waals surface area contributed by atoms with Crippen molar-refractivity contribution in [2.75, 3.05) is 16.8 Å². The number of hydrogen-bond acceptors (Lipinski definition) is 4. The largest absolute Gasteiger partial charge is 0.326 e. The number of hydrogen-bond donors (Lipinski definition) is 1. The van der Waals surface area contributed by atoms with Crippen LogP contribution in [-0.2, 0) is 21.1 Å². The van der Waals surface area contributed by atoms with Crippen LogP contribution in [-0.4, -0.2) is 35.6 Å². The van der Waals surface area contributed by atoms with E-state index < -0.39 is 9.84 Å². The van der Waals surface area contributed by atoms with Crippen molar-refractivity contribution in [1.29, 1.82) is 0 Å². The molecule has 0 bridgehead atoms. The number of aromatic nitrogens is 2. The average molecular weight is 347 g/mol. The Balaban J connectivity index is 1.76. The molecule has 2 heterocycles. The van der Waals surface area contributed by atoms with E-state index in [4.69, 9.17) is 0 Å². The highest BCUT2D eigenvalue weighted by Crippen LogP contribution is 2.27. The molecule has 3 rings (SSSR count). The van der Waals surface area contributed by atoms with Gasteiger partial charge in [-0.1, -0.05) is 18.2 Å². The zero-order valence-corrected chi connectivity index (χ0v) is 14.6. The lowest BCUT2D eigenvalue weighted by Gasteiger charge is -2.11. The Morgan fingerprint density at radius 1 is 1.29 bits per heavy atom. The smallest absolute Gasteiger partial charge is 0.228 e. The van der Waals surface area contributed by atoms with Gasteiger partial charge >= 0.3 is 0 Å². The van der Waals surface area contributed by atoms with Crippen molar-refractivity contribution >= 4 is 21.4 Å². The number of amides is 1. The molecule has 0 radical (unpaired) electrons. The molecule has 128 valence electrons. The van der Waals surface area contributed by atoms with Crippen LogP contribution in [0.15, 0.2) is 30.3 Å². The number of rotatable bonds is 4. The summed E-state index contributed by atoms with van der Waals surface area (Å²) in [5.74, 6) is 0.232. The Hall–Kier alpha value is -2.15. The predicted molar refractivity (Wildman–Crippen MR) is 92.8 cm³/mol. The van der Waals surface area contributed by atoms with Crippen molar-refractivity contribution < 1.29 is 13.2 Å². The Kier molecular flexibility index (Phi) is 4.45. The topological polar surface area (TPSA) is 81.1 Å². The molecule has 6 nitrogen and oxygen atoms in total. The lowest BCUT2D eigenvalue weighted by Crippen LogP contribution is -2.16. The molecular formula is C17H21N3O3S. The number of nitrogens with one attached hydrogen (secondary N) is 1. The number of carbonyl (C=O) groups excluding carboxylic acids is 1. The van der Waals surface area contributed by atoms with Crippen molar-refractivity contribution in [1.82, 2.24) is 9.78 Å². The van der Waals surface area contributed by atoms with Crippen molar-refractivity contribution in [3.8, 4) is 0 Å². The molecule has 1 unspecified atom stereocenters. The van der Waals surface area contributed by atoms with E-state index >= 15 is 0 Å². The Morgan fingerprint density at radius 2 is 2.00 bits per heavy atom. The maximum Gasteiger partial charge on any atom is 0.228 e. The van der Waals surface area contributed by atoms with Gasteiger partial charge in [-0.05, 0) is 32.4 Å². The van der Waals surface area contributed by atoms with Gasteiger partial charge in [0.15, 0.2) is 9.84 Å². The molecule has 1 aliphatic rings. The number of aryl methyl sites for hydroxylation is 1. The monoisotopic (exact) mass is 347 g/mol. The normalized spacial score (nSPS) is 19.3. The summed E-state index contributed by atoms with van der Waals surface area (Å²) in [5, 5.41) is 7.35. The minimum Gasteiger partial charge on any atom is -0.326 e. The first-order valence-electron chi connectivity index (χ1n) is 7.95. The fraction of sp³-hybridized carbons (Fsp3) is 0.412. The maximum absolute atomic E-state index is 12.3. The van der Waals surface area contributed by atoms with Crippen molar-refractivity contribution in [2.24, 2.45) is 0 Å². The van der Waals surface area contributed by atoms with E-state index in [0.717, 1.165) is 22.6 Å². The highest BCUT2D eigenvalue weighted by atomic mass is 32.2. The summed E-state index contributed by atoms with van der Waals surface area (Å²) in [6.07, 6.45) is 0.811. The third kappa shape index (κ3) is 3.51. The van der Waals surface area contributed by atoms with E-state index in [0.29, 0.717) is 6.42 Å². The molecule has 1 aromatic heterocycles. The SMILES string of the molecule is Cc1nn(C2CCS(=O)(=O)C2)c(C)c1CC(=O)Nc1ccccc1. The predicted octanol–water partition coefficient (Wildman–Crippen LogP) is 2.04. The minimum atomic E-state index is -2.97. The fourth-order valence-electron chi connectivity index (χ4n) is 3.16. The van der Waals surface area contributed by atoms with Crippen LogP contribution in [0.1, 0.15) is 29.4 Å². The number of carbonyl (C=O) groups is 1. The van der Waals surface area contributed by atoms with Gasteiger partial charge in [0.05, 0.1) is 29.7 Å². The molecule has 1 amide bonds. The second kappa shape index (κ2) is 6.39. The van der Waals surface area contributed by atoms with Crippen LogP contribution < -0.4 is 5.32 Å². The lowest BCUT2D eigenvalue weighted by atomic mass is 10.1. The number of para-hydroxylation sites is 1. The maximum atomic E-state index is 12.3. The van der Waals surface area contributed by atoms with Crippen LogP contribution in [0, 0.1) is 13.8 Å². The molecule has 1 aromatic carbocycles. The Labute approximate surface area is 141 Å². The van der Waals surface area contributed by atoms with Gasteiger partial charge in [0.25, 0.3) is 0 Å². The van der Waals surface area contributed by atoms with Crippen LogP contribution in [0.25, 0.3) is 0 Å². The number of sulfone groups is 1. The molecule has 1 fully saturated rings. The summed E-state index contributed by atoms with van der Waals surface area (Å²) >= 11 is 0. The quantitative estimate of drug-likeness (QED) is 0.918. The molecule has 0 aliphatic carbocycles. The molecule has 0 saturated carbocycles. The van der Waals surface area contributed by atoms with Crippen molar-refractivity contribution in [3.05, 3.63) is 47.3 Å². The second-order valence-electron chi connectivity index (χ2n) is 6.24. The van der Waals surface area contributed by atoms with E-state index in [2.05, 4.69) is 10.4 Å². The molecule has 1 saturated heterocycles. The van der Waals surface area contributed by atoms with Gasteiger partial charge in [-0.25, -0.2) is 8.42 Å². The third-order valence-electron chi connectivity index (χ3n) is 4.42. The second-order valence-corrected chi connectivity index (χ2v) is 8.47. The van der Waals surface area contributed by atoms with Crippen LogP contribution in [0.4, 0.5) is 5.69 Å². The van der Waals surface area contributed by atoms with E-state index in [-0.39, 0.29) is 29.9 Å². The molecule has 2 aromatic rings. The zero-order valence-electron chi connectivity index (χ0n) is 13.8. The molecular weight excluding hydrogens is 326 g/mol. The van der Waals surface area contributed by atoms with Gasteiger partial charge in [-0.2, -0.15) is 5.10 Å². The minimum absolute atomic E-state index is 0.106. The average Bonchev–Trinajstić information content (AvgIpc) is 3.02. The highest BCUT2D eigenvalue weighted by molar-refractivity contribution is 7.91. The van der Waals surface area contributed by atoms with Crippen LogP contribution >= 0.6 is 0 Å². The first-order valence-corrected chi connectivity index (χ1v) is 9.78. The molecule has 7 heteroatoms. The first kappa shape index (κ1) is 16.7.